The monoisotopic (exact) mass is 385 g/mol. The van der Waals surface area contributed by atoms with Crippen LogP contribution in [0.1, 0.15) is 28.3 Å². The molecule has 1 aromatic heterocycles. The summed E-state index contributed by atoms with van der Waals surface area (Å²) in [6.45, 7) is 0.685. The molecular formula is C20H18F3N5. The standard InChI is InChI=1S/C20H18F3N5/c1-27(2)12-18-26-25-17-11-24-19(13-6-4-3-5-7-13)15-9-8-14(20(21,22)23)10-16(15)28(17)18/h3-10H,11-12H2,1-2H3. The van der Waals surface area contributed by atoms with E-state index in [1.54, 1.807) is 4.57 Å². The summed E-state index contributed by atoms with van der Waals surface area (Å²) in [6, 6.07) is 13.2. The predicted molar refractivity (Wildman–Crippen MR) is 99.5 cm³/mol. The van der Waals surface area contributed by atoms with Crippen LogP contribution in [0.5, 0.6) is 0 Å². The highest BCUT2D eigenvalue weighted by Gasteiger charge is 2.33. The molecule has 0 radical (unpaired) electrons. The van der Waals surface area contributed by atoms with E-state index in [2.05, 4.69) is 15.2 Å². The van der Waals surface area contributed by atoms with Crippen LogP contribution in [-0.4, -0.2) is 39.5 Å². The van der Waals surface area contributed by atoms with E-state index in [0.717, 1.165) is 17.7 Å². The summed E-state index contributed by atoms with van der Waals surface area (Å²) in [5.74, 6) is 1.09. The minimum Gasteiger partial charge on any atom is -0.302 e. The van der Waals surface area contributed by atoms with Crippen molar-refractivity contribution in [2.75, 3.05) is 14.1 Å². The molecule has 0 spiro atoms. The Morgan fingerprint density at radius 2 is 1.79 bits per heavy atom. The van der Waals surface area contributed by atoms with E-state index in [1.807, 2.05) is 49.3 Å². The molecule has 4 rings (SSSR count). The highest BCUT2D eigenvalue weighted by molar-refractivity contribution is 6.15. The maximum atomic E-state index is 13.4. The second kappa shape index (κ2) is 6.87. The number of halogens is 3. The summed E-state index contributed by atoms with van der Waals surface area (Å²) in [6.07, 6.45) is -4.44. The number of hydrogen-bond donors (Lipinski definition) is 0. The zero-order valence-corrected chi connectivity index (χ0v) is 15.4. The van der Waals surface area contributed by atoms with Gasteiger partial charge < -0.3 is 4.90 Å². The summed E-state index contributed by atoms with van der Waals surface area (Å²) in [5, 5.41) is 8.38. The van der Waals surface area contributed by atoms with Gasteiger partial charge in [-0.2, -0.15) is 13.2 Å². The molecule has 0 aliphatic carbocycles. The maximum absolute atomic E-state index is 13.4. The topological polar surface area (TPSA) is 46.3 Å². The minimum atomic E-state index is -4.44. The van der Waals surface area contributed by atoms with E-state index in [1.165, 1.54) is 6.07 Å². The van der Waals surface area contributed by atoms with Crippen LogP contribution in [0.4, 0.5) is 13.2 Å². The smallest absolute Gasteiger partial charge is 0.302 e. The number of benzene rings is 2. The van der Waals surface area contributed by atoms with Gasteiger partial charge in [-0.25, -0.2) is 0 Å². The molecule has 3 aromatic rings. The van der Waals surface area contributed by atoms with Gasteiger partial charge in [-0.1, -0.05) is 36.4 Å². The minimum absolute atomic E-state index is 0.237. The third-order valence-electron chi connectivity index (χ3n) is 4.50. The van der Waals surface area contributed by atoms with Gasteiger partial charge in [0.05, 0.1) is 23.5 Å². The van der Waals surface area contributed by atoms with Crippen LogP contribution in [-0.2, 0) is 19.3 Å². The van der Waals surface area contributed by atoms with Gasteiger partial charge in [-0.3, -0.25) is 9.56 Å². The van der Waals surface area contributed by atoms with Gasteiger partial charge in [0, 0.05) is 11.1 Å². The summed E-state index contributed by atoms with van der Waals surface area (Å²) in [7, 11) is 3.74. The van der Waals surface area contributed by atoms with Gasteiger partial charge in [0.15, 0.2) is 11.6 Å². The Labute approximate surface area is 160 Å². The number of nitrogens with zero attached hydrogens (tertiary/aromatic N) is 5. The number of aliphatic imine (C=N–C) groups is 1. The Morgan fingerprint density at radius 3 is 2.46 bits per heavy atom. The molecule has 144 valence electrons. The van der Waals surface area contributed by atoms with Crippen molar-refractivity contribution in [3.63, 3.8) is 0 Å². The number of rotatable bonds is 3. The summed E-state index contributed by atoms with van der Waals surface area (Å²) < 4.78 is 41.9. The Balaban J connectivity index is 1.97. The third kappa shape index (κ3) is 3.31. The van der Waals surface area contributed by atoms with Gasteiger partial charge in [-0.05, 0) is 26.2 Å². The molecule has 2 aromatic carbocycles. The van der Waals surface area contributed by atoms with Crippen molar-refractivity contribution in [3.8, 4) is 5.69 Å². The Bertz CT molecular complexity index is 1040. The zero-order valence-electron chi connectivity index (χ0n) is 15.4. The van der Waals surface area contributed by atoms with E-state index < -0.39 is 11.7 Å². The van der Waals surface area contributed by atoms with E-state index in [0.29, 0.717) is 35.2 Å². The average Bonchev–Trinajstić information content (AvgIpc) is 2.95. The first-order valence-corrected chi connectivity index (χ1v) is 8.74. The molecule has 0 N–H and O–H groups in total. The number of alkyl halides is 3. The van der Waals surface area contributed by atoms with Crippen LogP contribution in [0.15, 0.2) is 53.5 Å². The van der Waals surface area contributed by atoms with Crippen molar-refractivity contribution in [3.05, 3.63) is 76.9 Å². The lowest BCUT2D eigenvalue weighted by Crippen LogP contribution is -2.17. The molecule has 0 fully saturated rings. The molecular weight excluding hydrogens is 367 g/mol. The highest BCUT2D eigenvalue weighted by atomic mass is 19.4. The SMILES string of the molecule is CN(C)Cc1nnc2n1-c1cc(C(F)(F)F)ccc1C(c1ccccc1)=NC2. The summed E-state index contributed by atoms with van der Waals surface area (Å²) >= 11 is 0. The van der Waals surface area contributed by atoms with Crippen molar-refractivity contribution in [2.24, 2.45) is 4.99 Å². The van der Waals surface area contributed by atoms with Crippen molar-refractivity contribution in [2.45, 2.75) is 19.3 Å². The molecule has 0 saturated heterocycles. The molecule has 0 amide bonds. The fraction of sp³-hybridized carbons (Fsp3) is 0.250. The van der Waals surface area contributed by atoms with Crippen LogP contribution in [0, 0.1) is 0 Å². The Hall–Kier alpha value is -3.00. The fourth-order valence-electron chi connectivity index (χ4n) is 3.29. The van der Waals surface area contributed by atoms with E-state index in [-0.39, 0.29) is 6.54 Å². The van der Waals surface area contributed by atoms with Gasteiger partial charge in [0.2, 0.25) is 0 Å². The lowest BCUT2D eigenvalue weighted by atomic mass is 9.98. The number of aromatic nitrogens is 3. The average molecular weight is 385 g/mol. The first-order chi connectivity index (χ1) is 13.3. The fourth-order valence-corrected chi connectivity index (χ4v) is 3.29. The largest absolute Gasteiger partial charge is 0.416 e. The van der Waals surface area contributed by atoms with Crippen molar-refractivity contribution in [1.29, 1.82) is 0 Å². The molecule has 8 heteroatoms. The van der Waals surface area contributed by atoms with E-state index in [4.69, 9.17) is 0 Å². The molecule has 0 bridgehead atoms. The number of hydrogen-bond acceptors (Lipinski definition) is 4. The first-order valence-electron chi connectivity index (χ1n) is 8.74. The van der Waals surface area contributed by atoms with Gasteiger partial charge >= 0.3 is 6.18 Å². The summed E-state index contributed by atoms with van der Waals surface area (Å²) in [4.78, 5) is 6.56. The lowest BCUT2D eigenvalue weighted by molar-refractivity contribution is -0.137. The second-order valence-corrected chi connectivity index (χ2v) is 6.87. The highest BCUT2D eigenvalue weighted by Crippen LogP contribution is 2.34. The van der Waals surface area contributed by atoms with Crippen molar-refractivity contribution >= 4 is 5.71 Å². The zero-order chi connectivity index (χ0) is 19.9. The van der Waals surface area contributed by atoms with Crippen LogP contribution in [0.2, 0.25) is 0 Å². The van der Waals surface area contributed by atoms with Gasteiger partial charge in [-0.15, -0.1) is 10.2 Å². The quantitative estimate of drug-likeness (QED) is 0.691. The second-order valence-electron chi connectivity index (χ2n) is 6.87. The maximum Gasteiger partial charge on any atom is 0.416 e. The van der Waals surface area contributed by atoms with Crippen molar-refractivity contribution < 1.29 is 13.2 Å². The predicted octanol–water partition coefficient (Wildman–Crippen LogP) is 3.70. The molecule has 1 aliphatic rings. The number of fused-ring (bicyclic) bond motifs is 3. The summed E-state index contributed by atoms with van der Waals surface area (Å²) in [5.41, 5.74) is 1.79. The third-order valence-corrected chi connectivity index (χ3v) is 4.50. The normalized spacial score (nSPS) is 13.7. The van der Waals surface area contributed by atoms with E-state index in [9.17, 15) is 13.2 Å². The molecule has 2 heterocycles. The molecule has 0 unspecified atom stereocenters. The Kier molecular flexibility index (Phi) is 4.50. The molecule has 5 nitrogen and oxygen atoms in total. The molecule has 28 heavy (non-hydrogen) atoms. The Morgan fingerprint density at radius 1 is 1.04 bits per heavy atom. The van der Waals surface area contributed by atoms with Gasteiger partial charge in [0.1, 0.15) is 6.54 Å². The van der Waals surface area contributed by atoms with Crippen LogP contribution < -0.4 is 0 Å². The van der Waals surface area contributed by atoms with E-state index >= 15 is 0 Å². The van der Waals surface area contributed by atoms with Crippen LogP contribution >= 0.6 is 0 Å². The van der Waals surface area contributed by atoms with Crippen LogP contribution in [0.25, 0.3) is 5.69 Å². The molecule has 0 saturated carbocycles. The first kappa shape index (κ1) is 18.4. The lowest BCUT2D eigenvalue weighted by Gasteiger charge is -2.17. The molecule has 1 aliphatic heterocycles. The van der Waals surface area contributed by atoms with Crippen molar-refractivity contribution in [1.82, 2.24) is 19.7 Å². The van der Waals surface area contributed by atoms with Gasteiger partial charge in [0.25, 0.3) is 0 Å². The molecule has 0 atom stereocenters. The van der Waals surface area contributed by atoms with Crippen LogP contribution in [0.3, 0.4) is 0 Å².